The van der Waals surface area contributed by atoms with E-state index in [1.807, 2.05) is 0 Å². The van der Waals surface area contributed by atoms with E-state index in [4.69, 9.17) is 4.42 Å². The van der Waals surface area contributed by atoms with Gasteiger partial charge in [0.2, 0.25) is 0 Å². The maximum atomic E-state index is 6.92. The van der Waals surface area contributed by atoms with E-state index < -0.39 is 0 Å². The summed E-state index contributed by atoms with van der Waals surface area (Å²) in [4.78, 5) is 2.38. The van der Waals surface area contributed by atoms with Gasteiger partial charge in [-0.1, -0.05) is 133 Å². The topological polar surface area (TPSA) is 16.4 Å². The molecular weight excluding hydrogens is 667 g/mol. The third kappa shape index (κ3) is 5.38. The Bertz CT molecular complexity index is 3000. The Morgan fingerprint density at radius 1 is 0.436 bits per heavy atom. The van der Waals surface area contributed by atoms with E-state index in [1.165, 1.54) is 71.6 Å². The number of hydrogen-bond donors (Lipinski definition) is 0. The molecule has 0 aliphatic heterocycles. The van der Waals surface area contributed by atoms with E-state index in [2.05, 4.69) is 199 Å². The normalized spacial score (nSPS) is 12.6. The van der Waals surface area contributed by atoms with Crippen LogP contribution >= 0.6 is 0 Å². The molecular formula is C53H45NO. The Morgan fingerprint density at radius 2 is 1.00 bits per heavy atom. The molecule has 55 heavy (non-hydrogen) atoms. The summed E-state index contributed by atoms with van der Waals surface area (Å²) in [5, 5.41) is 7.30. The average Bonchev–Trinajstić information content (AvgIpc) is 3.56. The van der Waals surface area contributed by atoms with Gasteiger partial charge in [0.15, 0.2) is 5.58 Å². The van der Waals surface area contributed by atoms with Gasteiger partial charge in [-0.3, -0.25) is 0 Å². The Kier molecular flexibility index (Phi) is 7.26. The van der Waals surface area contributed by atoms with Gasteiger partial charge in [-0.2, -0.15) is 0 Å². The summed E-state index contributed by atoms with van der Waals surface area (Å²) in [7, 11) is 0. The molecule has 0 atom stereocenters. The maximum absolute atomic E-state index is 6.92. The van der Waals surface area contributed by atoms with Crippen molar-refractivity contribution in [2.75, 3.05) is 4.90 Å². The lowest BCUT2D eigenvalue weighted by Gasteiger charge is -2.28. The molecule has 0 radical (unpaired) electrons. The molecule has 0 saturated carbocycles. The van der Waals surface area contributed by atoms with E-state index in [1.54, 1.807) is 0 Å². The molecule has 0 N–H and O–H groups in total. The summed E-state index contributed by atoms with van der Waals surface area (Å²) in [6, 6.07) is 54.1. The van der Waals surface area contributed by atoms with Crippen LogP contribution in [0, 0.1) is 6.92 Å². The highest BCUT2D eigenvalue weighted by molar-refractivity contribution is 6.14. The highest BCUT2D eigenvalue weighted by Gasteiger charge is 2.27. The number of benzene rings is 8. The van der Waals surface area contributed by atoms with Crippen molar-refractivity contribution in [3.05, 3.63) is 162 Å². The van der Waals surface area contributed by atoms with Gasteiger partial charge in [0.25, 0.3) is 0 Å². The van der Waals surface area contributed by atoms with Crippen molar-refractivity contribution in [1.29, 1.82) is 0 Å². The third-order valence-electron chi connectivity index (χ3n) is 11.8. The van der Waals surface area contributed by atoms with Crippen LogP contribution in [0.2, 0.25) is 0 Å². The van der Waals surface area contributed by atoms with Crippen LogP contribution in [0.5, 0.6) is 0 Å². The minimum Gasteiger partial charge on any atom is -0.454 e. The summed E-state index contributed by atoms with van der Waals surface area (Å²) < 4.78 is 6.92. The highest BCUT2D eigenvalue weighted by Crippen LogP contribution is 2.52. The molecule has 0 fully saturated rings. The Balaban J connectivity index is 1.07. The molecule has 10 rings (SSSR count). The van der Waals surface area contributed by atoms with E-state index in [-0.39, 0.29) is 10.8 Å². The average molecular weight is 712 g/mol. The van der Waals surface area contributed by atoms with E-state index in [9.17, 15) is 0 Å². The highest BCUT2D eigenvalue weighted by atomic mass is 16.3. The molecule has 2 heteroatoms. The first-order valence-corrected chi connectivity index (χ1v) is 19.5. The fourth-order valence-corrected chi connectivity index (χ4v) is 8.69. The Labute approximate surface area is 323 Å². The van der Waals surface area contributed by atoms with Crippen LogP contribution in [0.1, 0.15) is 58.2 Å². The van der Waals surface area contributed by atoms with Crippen molar-refractivity contribution >= 4 is 60.5 Å². The summed E-state index contributed by atoms with van der Waals surface area (Å²) in [6.07, 6.45) is 0. The number of nitrogens with zero attached hydrogens (tertiary/aromatic N) is 1. The lowest BCUT2D eigenvalue weighted by Crippen LogP contribution is -2.11. The fraction of sp³-hybridized carbons (Fsp3) is 0.170. The molecule has 0 bridgehead atoms. The standard InChI is InChI=1S/C53H45NO/c1-32-12-8-9-16-48(32)54(49-17-11-14-42-41-13-10-15-47(53(5,6)7)50(41)55-51(42)49)40-25-22-36-29-44-45-30-37-26-34(33-20-23-39(24-21-33)52(2,3)4)18-19-35(37)28-43(45)46(44)31-38(36)27-40/h8-31H,1-7H3. The molecule has 8 aromatic carbocycles. The van der Waals surface area contributed by atoms with Crippen molar-refractivity contribution in [3.8, 4) is 33.4 Å². The van der Waals surface area contributed by atoms with Crippen LogP contribution in [0.4, 0.5) is 17.1 Å². The molecule has 0 saturated heterocycles. The van der Waals surface area contributed by atoms with Crippen LogP contribution in [-0.2, 0) is 10.8 Å². The van der Waals surface area contributed by atoms with Gasteiger partial charge in [0.05, 0.1) is 5.69 Å². The quantitative estimate of drug-likeness (QED) is 0.181. The Hall–Kier alpha value is -6.12. The zero-order valence-corrected chi connectivity index (χ0v) is 32.7. The fourth-order valence-electron chi connectivity index (χ4n) is 8.69. The molecule has 1 aromatic heterocycles. The summed E-state index contributed by atoms with van der Waals surface area (Å²) in [6.45, 7) is 15.7. The summed E-state index contributed by atoms with van der Waals surface area (Å²) >= 11 is 0. The van der Waals surface area contributed by atoms with Crippen molar-refractivity contribution in [2.45, 2.75) is 59.3 Å². The number of para-hydroxylation sites is 3. The first kappa shape index (κ1) is 33.4. The number of aryl methyl sites for hydroxylation is 1. The minimum absolute atomic E-state index is 0.0457. The van der Waals surface area contributed by atoms with Crippen LogP contribution in [-0.4, -0.2) is 0 Å². The second-order valence-corrected chi connectivity index (χ2v) is 17.5. The number of furan rings is 1. The molecule has 0 spiro atoms. The monoisotopic (exact) mass is 711 g/mol. The molecule has 0 amide bonds. The lowest BCUT2D eigenvalue weighted by atomic mass is 9.77. The largest absolute Gasteiger partial charge is 0.454 e. The molecule has 2 nitrogen and oxygen atoms in total. The molecule has 1 aliphatic carbocycles. The predicted octanol–water partition coefficient (Wildman–Crippen LogP) is 15.6. The summed E-state index contributed by atoms with van der Waals surface area (Å²) in [5.74, 6) is 0. The first-order chi connectivity index (χ1) is 26.4. The van der Waals surface area contributed by atoms with Gasteiger partial charge < -0.3 is 9.32 Å². The number of hydrogen-bond acceptors (Lipinski definition) is 2. The number of anilines is 3. The summed E-state index contributed by atoms with van der Waals surface area (Å²) in [5.41, 5.74) is 16.8. The van der Waals surface area contributed by atoms with Crippen LogP contribution in [0.3, 0.4) is 0 Å². The van der Waals surface area contributed by atoms with Crippen molar-refractivity contribution < 1.29 is 4.42 Å². The van der Waals surface area contributed by atoms with Gasteiger partial charge in [-0.05, 0) is 138 Å². The molecule has 1 heterocycles. The first-order valence-electron chi connectivity index (χ1n) is 19.5. The third-order valence-corrected chi connectivity index (χ3v) is 11.8. The van der Waals surface area contributed by atoms with Crippen LogP contribution < -0.4 is 4.90 Å². The van der Waals surface area contributed by atoms with Gasteiger partial charge in [-0.15, -0.1) is 0 Å². The van der Waals surface area contributed by atoms with E-state index in [0.717, 1.165) is 39.0 Å². The van der Waals surface area contributed by atoms with Gasteiger partial charge in [-0.25, -0.2) is 0 Å². The second-order valence-electron chi connectivity index (χ2n) is 17.5. The molecule has 0 unspecified atom stereocenters. The molecule has 268 valence electrons. The van der Waals surface area contributed by atoms with Gasteiger partial charge in [0, 0.05) is 27.7 Å². The second kappa shape index (κ2) is 11.9. The van der Waals surface area contributed by atoms with Crippen molar-refractivity contribution in [2.24, 2.45) is 0 Å². The van der Waals surface area contributed by atoms with E-state index >= 15 is 0 Å². The maximum Gasteiger partial charge on any atom is 0.159 e. The zero-order valence-electron chi connectivity index (χ0n) is 32.7. The van der Waals surface area contributed by atoms with Crippen LogP contribution in [0.15, 0.2) is 150 Å². The van der Waals surface area contributed by atoms with Crippen LogP contribution in [0.25, 0.3) is 76.9 Å². The molecule has 1 aliphatic rings. The van der Waals surface area contributed by atoms with Crippen molar-refractivity contribution in [1.82, 2.24) is 0 Å². The number of fused-ring (bicyclic) bond motifs is 9. The molecule has 9 aromatic rings. The minimum atomic E-state index is -0.0457. The number of rotatable bonds is 4. The Morgan fingerprint density at radius 3 is 1.65 bits per heavy atom. The van der Waals surface area contributed by atoms with Gasteiger partial charge >= 0.3 is 0 Å². The zero-order chi connectivity index (χ0) is 37.8. The van der Waals surface area contributed by atoms with Crippen molar-refractivity contribution in [3.63, 3.8) is 0 Å². The van der Waals surface area contributed by atoms with E-state index in [0.29, 0.717) is 0 Å². The predicted molar refractivity (Wildman–Crippen MR) is 235 cm³/mol. The lowest BCUT2D eigenvalue weighted by molar-refractivity contribution is 0.573. The SMILES string of the molecule is Cc1ccccc1N(c1ccc2cc3c(cc2c1)-c1cc2ccc(-c4ccc(C(C)(C)C)cc4)cc2cc1-3)c1cccc2c1oc1c(C(C)(C)C)cccc12. The van der Waals surface area contributed by atoms with Gasteiger partial charge in [0.1, 0.15) is 5.58 Å². The smallest absolute Gasteiger partial charge is 0.159 e.